The number of nitrogens with two attached hydrogens (primary N) is 1. The van der Waals surface area contributed by atoms with Gasteiger partial charge in [0.15, 0.2) is 0 Å². The Morgan fingerprint density at radius 1 is 1.32 bits per heavy atom. The van der Waals surface area contributed by atoms with Crippen molar-refractivity contribution in [3.05, 3.63) is 12.2 Å². The lowest BCUT2D eigenvalue weighted by atomic mass is 10.0. The number of hydrogen-bond acceptors (Lipinski definition) is 5. The number of rotatable bonds is 2. The summed E-state index contributed by atoms with van der Waals surface area (Å²) in [5, 5.41) is 6.36. The molecule has 19 heavy (non-hydrogen) atoms. The zero-order valence-corrected chi connectivity index (χ0v) is 11.0. The van der Waals surface area contributed by atoms with Crippen molar-refractivity contribution in [3.63, 3.8) is 0 Å². The third-order valence-electron chi connectivity index (χ3n) is 4.16. The second-order valence-corrected chi connectivity index (χ2v) is 5.40. The fourth-order valence-electron chi connectivity index (χ4n) is 2.97. The highest BCUT2D eigenvalue weighted by molar-refractivity contribution is 5.90. The second kappa shape index (κ2) is 5.26. The Morgan fingerprint density at radius 3 is 2.79 bits per heavy atom. The third-order valence-corrected chi connectivity index (χ3v) is 4.16. The van der Waals surface area contributed by atoms with Crippen LogP contribution in [0.2, 0.25) is 0 Å². The minimum absolute atomic E-state index is 0.0475. The molecule has 7 nitrogen and oxygen atoms in total. The minimum Gasteiger partial charge on any atom is -0.334 e. The van der Waals surface area contributed by atoms with Crippen molar-refractivity contribution < 1.29 is 4.79 Å². The molecule has 0 aliphatic carbocycles. The Kier molecular flexibility index (Phi) is 3.48. The van der Waals surface area contributed by atoms with Crippen LogP contribution in [0.5, 0.6) is 0 Å². The van der Waals surface area contributed by atoms with E-state index in [0.717, 1.165) is 45.4 Å². The Bertz CT molecular complexity index is 425. The average Bonchev–Trinajstić information content (AvgIpc) is 3.10. The van der Waals surface area contributed by atoms with E-state index in [1.165, 1.54) is 6.33 Å². The van der Waals surface area contributed by atoms with Crippen molar-refractivity contribution in [2.24, 2.45) is 5.73 Å². The first kappa shape index (κ1) is 12.6. The lowest BCUT2D eigenvalue weighted by Crippen LogP contribution is -2.46. The number of piperidine rings is 1. The summed E-state index contributed by atoms with van der Waals surface area (Å²) in [5.41, 5.74) is 5.92. The monoisotopic (exact) mass is 264 g/mol. The van der Waals surface area contributed by atoms with Crippen molar-refractivity contribution in [1.82, 2.24) is 25.0 Å². The highest BCUT2D eigenvalue weighted by atomic mass is 16.2. The van der Waals surface area contributed by atoms with E-state index < -0.39 is 0 Å². The predicted molar refractivity (Wildman–Crippen MR) is 69.5 cm³/mol. The van der Waals surface area contributed by atoms with E-state index in [-0.39, 0.29) is 5.91 Å². The van der Waals surface area contributed by atoms with Crippen LogP contribution in [-0.4, -0.2) is 69.2 Å². The molecule has 1 atom stereocenters. The molecule has 7 heteroatoms. The van der Waals surface area contributed by atoms with Crippen LogP contribution in [0, 0.1) is 0 Å². The molecule has 2 fully saturated rings. The summed E-state index contributed by atoms with van der Waals surface area (Å²) < 4.78 is 0. The van der Waals surface area contributed by atoms with Gasteiger partial charge in [-0.1, -0.05) is 0 Å². The molecule has 0 spiro atoms. The quantitative estimate of drug-likeness (QED) is 0.747. The van der Waals surface area contributed by atoms with Crippen LogP contribution in [0.15, 0.2) is 6.33 Å². The molecule has 1 aromatic rings. The largest absolute Gasteiger partial charge is 0.334 e. The SMILES string of the molecule is NC1CCN(C2CCN(C(=O)c3ncn[nH]3)C2)CC1. The van der Waals surface area contributed by atoms with Gasteiger partial charge in [0.25, 0.3) is 5.91 Å². The van der Waals surface area contributed by atoms with Gasteiger partial charge in [0, 0.05) is 25.2 Å². The highest BCUT2D eigenvalue weighted by Gasteiger charge is 2.32. The van der Waals surface area contributed by atoms with Gasteiger partial charge in [0.2, 0.25) is 5.82 Å². The maximum atomic E-state index is 12.1. The topological polar surface area (TPSA) is 91.1 Å². The van der Waals surface area contributed by atoms with E-state index in [2.05, 4.69) is 20.1 Å². The van der Waals surface area contributed by atoms with Crippen LogP contribution in [0.25, 0.3) is 0 Å². The zero-order chi connectivity index (χ0) is 13.2. The molecule has 1 aromatic heterocycles. The van der Waals surface area contributed by atoms with E-state index in [9.17, 15) is 4.79 Å². The van der Waals surface area contributed by atoms with Gasteiger partial charge >= 0.3 is 0 Å². The molecular formula is C12H20N6O. The summed E-state index contributed by atoms with van der Waals surface area (Å²) in [4.78, 5) is 20.4. The molecular weight excluding hydrogens is 244 g/mol. The minimum atomic E-state index is -0.0475. The number of aromatic amines is 1. The van der Waals surface area contributed by atoms with Gasteiger partial charge in [0.1, 0.15) is 6.33 Å². The fraction of sp³-hybridized carbons (Fsp3) is 0.750. The summed E-state index contributed by atoms with van der Waals surface area (Å²) in [7, 11) is 0. The van der Waals surface area contributed by atoms with Crippen LogP contribution in [0.4, 0.5) is 0 Å². The molecule has 2 aliphatic heterocycles. The molecule has 1 unspecified atom stereocenters. The van der Waals surface area contributed by atoms with E-state index in [1.54, 1.807) is 0 Å². The molecule has 0 saturated carbocycles. The lowest BCUT2D eigenvalue weighted by molar-refractivity contribution is 0.0758. The smallest absolute Gasteiger partial charge is 0.291 e. The number of nitrogens with one attached hydrogen (secondary N) is 1. The van der Waals surface area contributed by atoms with Crippen LogP contribution >= 0.6 is 0 Å². The number of nitrogens with zero attached hydrogens (tertiary/aromatic N) is 4. The summed E-state index contributed by atoms with van der Waals surface area (Å²) in [6, 6.07) is 0.823. The molecule has 2 aliphatic rings. The zero-order valence-electron chi connectivity index (χ0n) is 11.0. The Balaban J connectivity index is 1.57. The molecule has 3 rings (SSSR count). The first-order valence-corrected chi connectivity index (χ1v) is 6.88. The highest BCUT2D eigenvalue weighted by Crippen LogP contribution is 2.20. The van der Waals surface area contributed by atoms with Gasteiger partial charge in [-0.05, 0) is 32.4 Å². The number of carbonyl (C=O) groups is 1. The van der Waals surface area contributed by atoms with E-state index in [4.69, 9.17) is 5.73 Å². The lowest BCUT2D eigenvalue weighted by Gasteiger charge is -2.34. The molecule has 3 N–H and O–H groups in total. The van der Waals surface area contributed by atoms with Gasteiger partial charge in [0.05, 0.1) is 0 Å². The number of aromatic nitrogens is 3. The summed E-state index contributed by atoms with van der Waals surface area (Å²) in [6.45, 7) is 3.69. The van der Waals surface area contributed by atoms with Crippen molar-refractivity contribution in [2.75, 3.05) is 26.2 Å². The number of carbonyl (C=O) groups excluding carboxylic acids is 1. The van der Waals surface area contributed by atoms with E-state index in [0.29, 0.717) is 17.9 Å². The summed E-state index contributed by atoms with van der Waals surface area (Å²) >= 11 is 0. The van der Waals surface area contributed by atoms with Crippen molar-refractivity contribution >= 4 is 5.91 Å². The van der Waals surface area contributed by atoms with Gasteiger partial charge in [-0.15, -0.1) is 0 Å². The Labute approximate surface area is 112 Å². The number of amides is 1. The molecule has 104 valence electrons. The number of hydrogen-bond donors (Lipinski definition) is 2. The van der Waals surface area contributed by atoms with Crippen molar-refractivity contribution in [3.8, 4) is 0 Å². The van der Waals surface area contributed by atoms with Crippen molar-refractivity contribution in [1.29, 1.82) is 0 Å². The van der Waals surface area contributed by atoms with Crippen LogP contribution in [-0.2, 0) is 0 Å². The predicted octanol–water partition coefficient (Wildman–Crippen LogP) is -0.558. The summed E-state index contributed by atoms with van der Waals surface area (Å²) in [5.74, 6) is 0.287. The molecule has 0 aromatic carbocycles. The number of likely N-dealkylation sites (tertiary alicyclic amines) is 2. The first-order valence-electron chi connectivity index (χ1n) is 6.88. The maximum Gasteiger partial charge on any atom is 0.291 e. The number of H-pyrrole nitrogens is 1. The molecule has 0 radical (unpaired) electrons. The Hall–Kier alpha value is -1.47. The standard InChI is InChI=1S/C12H20N6O/c13-9-1-4-17(5-2-9)10-3-6-18(7-10)12(19)11-14-8-15-16-11/h8-10H,1-7,13H2,(H,14,15,16). The Morgan fingerprint density at radius 2 is 2.11 bits per heavy atom. The van der Waals surface area contributed by atoms with Crippen LogP contribution in [0.1, 0.15) is 29.9 Å². The maximum absolute atomic E-state index is 12.1. The fourth-order valence-corrected chi connectivity index (χ4v) is 2.97. The second-order valence-electron chi connectivity index (χ2n) is 5.40. The molecule has 3 heterocycles. The van der Waals surface area contributed by atoms with Gasteiger partial charge in [-0.2, -0.15) is 5.10 Å². The van der Waals surface area contributed by atoms with Gasteiger partial charge in [-0.3, -0.25) is 14.8 Å². The summed E-state index contributed by atoms with van der Waals surface area (Å²) in [6.07, 6.45) is 4.53. The van der Waals surface area contributed by atoms with Crippen LogP contribution in [0.3, 0.4) is 0 Å². The van der Waals surface area contributed by atoms with E-state index in [1.807, 2.05) is 4.90 Å². The van der Waals surface area contributed by atoms with Crippen molar-refractivity contribution in [2.45, 2.75) is 31.3 Å². The van der Waals surface area contributed by atoms with E-state index >= 15 is 0 Å². The normalized spacial score (nSPS) is 25.9. The third kappa shape index (κ3) is 2.62. The molecule has 2 saturated heterocycles. The average molecular weight is 264 g/mol. The van der Waals surface area contributed by atoms with Crippen LogP contribution < -0.4 is 5.73 Å². The molecule has 1 amide bonds. The van der Waals surface area contributed by atoms with Gasteiger partial charge < -0.3 is 10.6 Å². The van der Waals surface area contributed by atoms with Gasteiger partial charge in [-0.25, -0.2) is 4.98 Å². The first-order chi connectivity index (χ1) is 9.24. The molecule has 0 bridgehead atoms.